The molecule has 0 saturated carbocycles. The molecule has 4 heteroatoms. The molecule has 0 N–H and O–H groups in total. The van der Waals surface area contributed by atoms with Gasteiger partial charge in [-0.3, -0.25) is 0 Å². The fraction of sp³-hybridized carbons (Fsp3) is 1.00. The van der Waals surface area contributed by atoms with Crippen LogP contribution >= 0.6 is 0 Å². The summed E-state index contributed by atoms with van der Waals surface area (Å²) in [7, 11) is 9.14. The predicted molar refractivity (Wildman–Crippen MR) is 102 cm³/mol. The maximum atomic E-state index is 6.14. The second-order valence-corrected chi connectivity index (χ2v) is 12.1. The monoisotopic (exact) mass is 330 g/mol. The van der Waals surface area contributed by atoms with Crippen LogP contribution in [0.5, 0.6) is 0 Å². The number of hydrogen-bond donors (Lipinski definition) is 0. The first-order valence-electron chi connectivity index (χ1n) is 9.07. The summed E-state index contributed by atoms with van der Waals surface area (Å²) in [6.07, 6.45) is 6.61. The van der Waals surface area contributed by atoms with E-state index in [0.29, 0.717) is 5.41 Å². The van der Waals surface area contributed by atoms with Crippen LogP contribution in [-0.2, 0) is 4.43 Å². The van der Waals surface area contributed by atoms with Gasteiger partial charge in [-0.25, -0.2) is 0 Å². The molecule has 0 amide bonds. The van der Waals surface area contributed by atoms with Gasteiger partial charge < -0.3 is 14.2 Å². The summed E-state index contributed by atoms with van der Waals surface area (Å²) in [6, 6.07) is 2.58. The minimum absolute atomic E-state index is 0.356. The highest BCUT2D eigenvalue weighted by atomic mass is 28.4. The van der Waals surface area contributed by atoms with Gasteiger partial charge in [-0.2, -0.15) is 0 Å². The largest absolute Gasteiger partial charge is 0.420 e. The Hall–Kier alpha value is 0.0969. The molecule has 0 aliphatic rings. The molecule has 1 atom stereocenters. The summed E-state index contributed by atoms with van der Waals surface area (Å²) in [5.41, 5.74) is 0.356. The number of hydrogen-bond acceptors (Lipinski definition) is 3. The van der Waals surface area contributed by atoms with Gasteiger partial charge in [-0.1, -0.05) is 39.5 Å². The summed E-state index contributed by atoms with van der Waals surface area (Å²) in [5, 5.41) is 0. The molecule has 0 fully saturated rings. The van der Waals surface area contributed by atoms with Crippen LogP contribution in [0.25, 0.3) is 0 Å². The molecule has 22 heavy (non-hydrogen) atoms. The van der Waals surface area contributed by atoms with E-state index in [1.54, 1.807) is 0 Å². The third-order valence-electron chi connectivity index (χ3n) is 4.85. The average Bonchev–Trinajstić information content (AvgIpc) is 2.42. The topological polar surface area (TPSA) is 15.7 Å². The first kappa shape index (κ1) is 22.1. The fourth-order valence-electron chi connectivity index (χ4n) is 3.83. The van der Waals surface area contributed by atoms with Crippen molar-refractivity contribution in [3.63, 3.8) is 0 Å². The zero-order valence-corrected chi connectivity index (χ0v) is 17.7. The zero-order valence-electron chi connectivity index (χ0n) is 16.7. The van der Waals surface area contributed by atoms with Crippen LogP contribution in [0.3, 0.4) is 0 Å². The molecule has 0 aromatic heterocycles. The Bertz CT molecular complexity index is 274. The predicted octanol–water partition coefficient (Wildman–Crippen LogP) is 4.31. The zero-order chi connectivity index (χ0) is 17.2. The lowest BCUT2D eigenvalue weighted by Gasteiger charge is -2.42. The van der Waals surface area contributed by atoms with Gasteiger partial charge in [0.1, 0.15) is 0 Å². The third-order valence-corrected chi connectivity index (χ3v) is 8.75. The van der Waals surface area contributed by atoms with E-state index in [0.717, 1.165) is 13.1 Å². The smallest absolute Gasteiger partial charge is 0.189 e. The van der Waals surface area contributed by atoms with Crippen molar-refractivity contribution in [2.24, 2.45) is 5.41 Å². The van der Waals surface area contributed by atoms with E-state index in [1.807, 2.05) is 7.11 Å². The van der Waals surface area contributed by atoms with Crippen molar-refractivity contribution in [3.05, 3.63) is 0 Å². The van der Waals surface area contributed by atoms with Crippen molar-refractivity contribution in [2.45, 2.75) is 64.6 Å². The molecule has 1 unspecified atom stereocenters. The third kappa shape index (κ3) is 8.66. The molecule has 0 aliphatic heterocycles. The van der Waals surface area contributed by atoms with E-state index in [4.69, 9.17) is 4.43 Å². The Balaban J connectivity index is 4.95. The molecule has 3 nitrogen and oxygen atoms in total. The summed E-state index contributed by atoms with van der Waals surface area (Å²) in [5.74, 6) is 0. The first-order valence-corrected chi connectivity index (χ1v) is 11.9. The van der Waals surface area contributed by atoms with Gasteiger partial charge in [-0.05, 0) is 58.7 Å². The van der Waals surface area contributed by atoms with E-state index in [1.165, 1.54) is 44.2 Å². The minimum Gasteiger partial charge on any atom is -0.420 e. The van der Waals surface area contributed by atoms with Crippen molar-refractivity contribution in [1.29, 1.82) is 0 Å². The number of rotatable bonds is 13. The van der Waals surface area contributed by atoms with E-state index < -0.39 is 8.32 Å². The Morgan fingerprint density at radius 1 is 0.909 bits per heavy atom. The SMILES string of the molecule is CCCCCC[Si](C)(CC(CC)(CN(C)C)CN(C)C)OC. The van der Waals surface area contributed by atoms with Crippen LogP contribution < -0.4 is 0 Å². The standard InChI is InChI=1S/C18H42N2OSi/c1-9-11-12-13-14-22(8,21-7)17-18(10-2,15-19(3)4)16-20(5)6/h9-17H2,1-8H3. The van der Waals surface area contributed by atoms with Crippen LogP contribution in [0.4, 0.5) is 0 Å². The lowest BCUT2D eigenvalue weighted by atomic mass is 9.86. The molecular formula is C18H42N2OSi. The quantitative estimate of drug-likeness (QED) is 0.370. The molecule has 0 spiro atoms. The molecule has 0 saturated heterocycles. The van der Waals surface area contributed by atoms with Crippen LogP contribution in [0, 0.1) is 5.41 Å². The molecule has 134 valence electrons. The Morgan fingerprint density at radius 3 is 1.82 bits per heavy atom. The van der Waals surface area contributed by atoms with Gasteiger partial charge in [0.25, 0.3) is 0 Å². The molecule has 0 heterocycles. The van der Waals surface area contributed by atoms with Gasteiger partial charge in [0.05, 0.1) is 0 Å². The van der Waals surface area contributed by atoms with E-state index in [9.17, 15) is 0 Å². The summed E-state index contributed by atoms with van der Waals surface area (Å²) >= 11 is 0. The van der Waals surface area contributed by atoms with E-state index >= 15 is 0 Å². The molecular weight excluding hydrogens is 288 g/mol. The fourth-order valence-corrected chi connectivity index (χ4v) is 7.42. The van der Waals surface area contributed by atoms with Gasteiger partial charge in [0, 0.05) is 20.2 Å². The minimum atomic E-state index is -1.62. The Labute approximate surface area is 141 Å². The van der Waals surface area contributed by atoms with Crippen molar-refractivity contribution >= 4 is 8.32 Å². The highest BCUT2D eigenvalue weighted by Crippen LogP contribution is 2.37. The maximum Gasteiger partial charge on any atom is 0.189 e. The molecule has 0 radical (unpaired) electrons. The first-order chi connectivity index (χ1) is 10.2. The molecule has 0 aliphatic carbocycles. The lowest BCUT2D eigenvalue weighted by Crippen LogP contribution is -2.48. The molecule has 0 bridgehead atoms. The van der Waals surface area contributed by atoms with Gasteiger partial charge in [0.15, 0.2) is 8.32 Å². The van der Waals surface area contributed by atoms with Gasteiger partial charge >= 0.3 is 0 Å². The van der Waals surface area contributed by atoms with Crippen molar-refractivity contribution < 1.29 is 4.43 Å². The number of unbranched alkanes of at least 4 members (excludes halogenated alkanes) is 3. The summed E-state index contributed by atoms with van der Waals surface area (Å²) in [4.78, 5) is 4.71. The summed E-state index contributed by atoms with van der Waals surface area (Å²) in [6.45, 7) is 9.40. The van der Waals surface area contributed by atoms with Gasteiger partial charge in [0.2, 0.25) is 0 Å². The Morgan fingerprint density at radius 2 is 1.45 bits per heavy atom. The van der Waals surface area contributed by atoms with E-state index in [2.05, 4.69) is 58.4 Å². The van der Waals surface area contributed by atoms with Crippen LogP contribution in [0.2, 0.25) is 18.6 Å². The second-order valence-electron chi connectivity index (χ2n) is 7.97. The van der Waals surface area contributed by atoms with Crippen molar-refractivity contribution in [2.75, 3.05) is 48.4 Å². The molecule has 0 rings (SSSR count). The normalized spacial score (nSPS) is 15.5. The Kier molecular flexibility index (Phi) is 10.8. The van der Waals surface area contributed by atoms with Crippen molar-refractivity contribution in [3.8, 4) is 0 Å². The highest BCUT2D eigenvalue weighted by molar-refractivity contribution is 6.72. The summed E-state index contributed by atoms with van der Waals surface area (Å²) < 4.78 is 6.14. The second kappa shape index (κ2) is 10.8. The molecule has 0 aromatic rings. The van der Waals surface area contributed by atoms with Crippen LogP contribution in [-0.4, -0.2) is 66.5 Å². The highest BCUT2D eigenvalue weighted by Gasteiger charge is 2.40. The molecule has 0 aromatic carbocycles. The average molecular weight is 331 g/mol. The van der Waals surface area contributed by atoms with E-state index in [-0.39, 0.29) is 0 Å². The van der Waals surface area contributed by atoms with Crippen LogP contribution in [0.1, 0.15) is 46.0 Å². The van der Waals surface area contributed by atoms with Crippen molar-refractivity contribution in [1.82, 2.24) is 9.80 Å². The lowest BCUT2D eigenvalue weighted by molar-refractivity contribution is 0.149. The van der Waals surface area contributed by atoms with Gasteiger partial charge in [-0.15, -0.1) is 0 Å². The van der Waals surface area contributed by atoms with Crippen LogP contribution in [0.15, 0.2) is 0 Å². The number of nitrogens with zero attached hydrogens (tertiary/aromatic N) is 2. The maximum absolute atomic E-state index is 6.14.